The zero-order valence-corrected chi connectivity index (χ0v) is 15.6. The maximum absolute atomic E-state index is 13.0. The summed E-state index contributed by atoms with van der Waals surface area (Å²) < 4.78 is 0. The quantitative estimate of drug-likeness (QED) is 0.895. The molecule has 5 nitrogen and oxygen atoms in total. The van der Waals surface area contributed by atoms with E-state index in [0.29, 0.717) is 11.3 Å². The fourth-order valence-electron chi connectivity index (χ4n) is 4.23. The summed E-state index contributed by atoms with van der Waals surface area (Å²) in [5, 5.41) is 3.17. The van der Waals surface area contributed by atoms with Gasteiger partial charge in [0, 0.05) is 17.9 Å². The van der Waals surface area contributed by atoms with Crippen LogP contribution in [0.15, 0.2) is 42.6 Å². The molecule has 1 atom stereocenters. The first-order chi connectivity index (χ1) is 13.1. The number of benzene rings is 1. The highest BCUT2D eigenvalue weighted by molar-refractivity contribution is 6.11. The number of hydrogen-bond acceptors (Lipinski definition) is 3. The minimum absolute atomic E-state index is 0.00384. The second kappa shape index (κ2) is 7.51. The Morgan fingerprint density at radius 2 is 2.00 bits per heavy atom. The van der Waals surface area contributed by atoms with Crippen LogP contribution in [0.4, 0.5) is 5.69 Å². The van der Waals surface area contributed by atoms with Crippen LogP contribution in [0, 0.1) is 6.92 Å². The molecule has 0 spiro atoms. The van der Waals surface area contributed by atoms with E-state index < -0.39 is 0 Å². The maximum atomic E-state index is 13.0. The van der Waals surface area contributed by atoms with Crippen LogP contribution in [0.5, 0.6) is 0 Å². The van der Waals surface area contributed by atoms with E-state index in [-0.39, 0.29) is 30.3 Å². The van der Waals surface area contributed by atoms with Crippen molar-refractivity contribution in [1.82, 2.24) is 10.3 Å². The number of carbonyl (C=O) groups excluding carboxylic acids is 2. The van der Waals surface area contributed by atoms with Gasteiger partial charge in [-0.1, -0.05) is 31.4 Å². The lowest BCUT2D eigenvalue weighted by Crippen LogP contribution is -2.39. The predicted molar refractivity (Wildman–Crippen MR) is 105 cm³/mol. The SMILES string of the molecule is Cc1cccc(N2C(=O)c3cccnc3C2CC(=O)NC2CCCCC2)c1. The molecule has 1 aliphatic carbocycles. The van der Waals surface area contributed by atoms with Gasteiger partial charge in [0.25, 0.3) is 5.91 Å². The molecule has 2 aromatic rings. The maximum Gasteiger partial charge on any atom is 0.260 e. The van der Waals surface area contributed by atoms with Gasteiger partial charge in [0.15, 0.2) is 0 Å². The van der Waals surface area contributed by atoms with Crippen molar-refractivity contribution in [2.75, 3.05) is 4.90 Å². The Hall–Kier alpha value is -2.69. The van der Waals surface area contributed by atoms with E-state index in [1.165, 1.54) is 19.3 Å². The summed E-state index contributed by atoms with van der Waals surface area (Å²) >= 11 is 0. The number of carbonyl (C=O) groups is 2. The number of amides is 2. The first-order valence-electron chi connectivity index (χ1n) is 9.78. The lowest BCUT2D eigenvalue weighted by Gasteiger charge is -2.27. The molecule has 1 saturated carbocycles. The fourth-order valence-corrected chi connectivity index (χ4v) is 4.23. The molecule has 1 aromatic heterocycles. The Labute approximate surface area is 159 Å². The van der Waals surface area contributed by atoms with Crippen molar-refractivity contribution in [2.45, 2.75) is 57.5 Å². The average molecular weight is 363 g/mol. The number of aromatic nitrogens is 1. The predicted octanol–water partition coefficient (Wildman–Crippen LogP) is 3.93. The topological polar surface area (TPSA) is 62.3 Å². The summed E-state index contributed by atoms with van der Waals surface area (Å²) in [5.41, 5.74) is 3.18. The van der Waals surface area contributed by atoms with Crippen LogP contribution >= 0.6 is 0 Å². The summed E-state index contributed by atoms with van der Waals surface area (Å²) in [6.07, 6.45) is 7.62. The van der Waals surface area contributed by atoms with Gasteiger partial charge in [-0.3, -0.25) is 19.5 Å². The fraction of sp³-hybridized carbons (Fsp3) is 0.409. The van der Waals surface area contributed by atoms with Gasteiger partial charge in [-0.2, -0.15) is 0 Å². The molecular weight excluding hydrogens is 338 g/mol. The van der Waals surface area contributed by atoms with Crippen LogP contribution in [-0.2, 0) is 4.79 Å². The van der Waals surface area contributed by atoms with Gasteiger partial charge in [0.05, 0.1) is 23.7 Å². The third kappa shape index (κ3) is 3.59. The van der Waals surface area contributed by atoms with Crippen molar-refractivity contribution in [3.05, 3.63) is 59.4 Å². The van der Waals surface area contributed by atoms with Crippen molar-refractivity contribution in [1.29, 1.82) is 0 Å². The van der Waals surface area contributed by atoms with Crippen molar-refractivity contribution >= 4 is 17.5 Å². The molecule has 2 aliphatic rings. The lowest BCUT2D eigenvalue weighted by molar-refractivity contribution is -0.122. The molecule has 1 fully saturated rings. The second-order valence-electron chi connectivity index (χ2n) is 7.57. The van der Waals surface area contributed by atoms with Gasteiger partial charge in [0.1, 0.15) is 0 Å². The van der Waals surface area contributed by atoms with E-state index >= 15 is 0 Å². The summed E-state index contributed by atoms with van der Waals surface area (Å²) in [6, 6.07) is 11.3. The minimum atomic E-state index is -0.362. The molecule has 2 heterocycles. The van der Waals surface area contributed by atoms with Crippen molar-refractivity contribution in [3.8, 4) is 0 Å². The zero-order chi connectivity index (χ0) is 18.8. The molecular formula is C22H25N3O2. The zero-order valence-electron chi connectivity index (χ0n) is 15.6. The summed E-state index contributed by atoms with van der Waals surface area (Å²) in [5.74, 6) is -0.0879. The molecule has 2 amide bonds. The molecule has 0 radical (unpaired) electrons. The first-order valence-corrected chi connectivity index (χ1v) is 9.78. The van der Waals surface area contributed by atoms with Crippen LogP contribution < -0.4 is 10.2 Å². The smallest absolute Gasteiger partial charge is 0.260 e. The van der Waals surface area contributed by atoms with Crippen molar-refractivity contribution in [2.24, 2.45) is 0 Å². The van der Waals surface area contributed by atoms with E-state index in [9.17, 15) is 9.59 Å². The van der Waals surface area contributed by atoms with Crippen LogP contribution in [0.1, 0.15) is 66.2 Å². The monoisotopic (exact) mass is 363 g/mol. The molecule has 27 heavy (non-hydrogen) atoms. The van der Waals surface area contributed by atoms with Gasteiger partial charge >= 0.3 is 0 Å². The number of hydrogen-bond donors (Lipinski definition) is 1. The first kappa shape index (κ1) is 17.7. The van der Waals surface area contributed by atoms with E-state index in [1.54, 1.807) is 23.2 Å². The highest BCUT2D eigenvalue weighted by Gasteiger charge is 2.40. The summed E-state index contributed by atoms with van der Waals surface area (Å²) in [6.45, 7) is 2.00. The number of nitrogens with one attached hydrogen (secondary N) is 1. The summed E-state index contributed by atoms with van der Waals surface area (Å²) in [7, 11) is 0. The van der Waals surface area contributed by atoms with Crippen LogP contribution in [0.25, 0.3) is 0 Å². The number of pyridine rings is 1. The highest BCUT2D eigenvalue weighted by atomic mass is 16.2. The molecule has 0 bridgehead atoms. The minimum Gasteiger partial charge on any atom is -0.353 e. The van der Waals surface area contributed by atoms with E-state index in [4.69, 9.17) is 0 Å². The number of rotatable bonds is 4. The standard InChI is InChI=1S/C22H25N3O2/c1-15-7-5-10-17(13-15)25-19(21-18(22(25)27)11-6-12-23-21)14-20(26)24-16-8-3-2-4-9-16/h5-7,10-13,16,19H,2-4,8-9,14H2,1H3,(H,24,26). The number of fused-ring (bicyclic) bond motifs is 1. The molecule has 4 rings (SSSR count). The van der Waals surface area contributed by atoms with Gasteiger partial charge in [0.2, 0.25) is 5.91 Å². The molecule has 1 aliphatic heterocycles. The molecule has 1 aromatic carbocycles. The van der Waals surface area contributed by atoms with Crippen molar-refractivity contribution < 1.29 is 9.59 Å². The number of nitrogens with zero attached hydrogens (tertiary/aromatic N) is 2. The Balaban J connectivity index is 1.60. The molecule has 5 heteroatoms. The second-order valence-corrected chi connectivity index (χ2v) is 7.57. The molecule has 1 N–H and O–H groups in total. The Kier molecular flexibility index (Phi) is 4.92. The lowest BCUT2D eigenvalue weighted by atomic mass is 9.95. The van der Waals surface area contributed by atoms with Crippen LogP contribution in [-0.4, -0.2) is 22.8 Å². The Morgan fingerprint density at radius 3 is 2.78 bits per heavy atom. The van der Waals surface area contributed by atoms with Gasteiger partial charge in [-0.05, 0) is 49.6 Å². The Bertz CT molecular complexity index is 858. The number of aryl methyl sites for hydroxylation is 1. The molecule has 0 saturated heterocycles. The van der Waals surface area contributed by atoms with E-state index in [2.05, 4.69) is 10.3 Å². The van der Waals surface area contributed by atoms with Crippen LogP contribution in [0.2, 0.25) is 0 Å². The summed E-state index contributed by atoms with van der Waals surface area (Å²) in [4.78, 5) is 32.0. The molecule has 1 unspecified atom stereocenters. The Morgan fingerprint density at radius 1 is 1.19 bits per heavy atom. The van der Waals surface area contributed by atoms with Gasteiger partial charge in [-0.25, -0.2) is 0 Å². The average Bonchev–Trinajstić information content (AvgIpc) is 2.95. The largest absolute Gasteiger partial charge is 0.353 e. The highest BCUT2D eigenvalue weighted by Crippen LogP contribution is 2.38. The molecule has 140 valence electrons. The van der Waals surface area contributed by atoms with Crippen molar-refractivity contribution in [3.63, 3.8) is 0 Å². The third-order valence-corrected chi connectivity index (χ3v) is 5.54. The number of anilines is 1. The van der Waals surface area contributed by atoms with Crippen LogP contribution in [0.3, 0.4) is 0 Å². The third-order valence-electron chi connectivity index (χ3n) is 5.54. The van der Waals surface area contributed by atoms with E-state index in [0.717, 1.165) is 24.1 Å². The normalized spacial score (nSPS) is 19.8. The van der Waals surface area contributed by atoms with Gasteiger partial charge in [-0.15, -0.1) is 0 Å². The van der Waals surface area contributed by atoms with Gasteiger partial charge < -0.3 is 5.32 Å². The van der Waals surface area contributed by atoms with E-state index in [1.807, 2.05) is 31.2 Å².